The average Bonchev–Trinajstić information content (AvgIpc) is 3.34. The second kappa shape index (κ2) is 8.31. The van der Waals surface area contributed by atoms with Crippen molar-refractivity contribution in [2.24, 2.45) is 0 Å². The molecule has 0 spiro atoms. The minimum absolute atomic E-state index is 0.0278. The first-order chi connectivity index (χ1) is 12.1. The van der Waals surface area contributed by atoms with Gasteiger partial charge in [-0.3, -0.25) is 14.6 Å². The fourth-order valence-electron chi connectivity index (χ4n) is 3.10. The molecule has 1 N–H and O–H groups in total. The van der Waals surface area contributed by atoms with Crippen LogP contribution in [0.4, 0.5) is 0 Å². The maximum atomic E-state index is 12.1. The number of hydrogen-bond acceptors (Lipinski definition) is 6. The first kappa shape index (κ1) is 17.7. The van der Waals surface area contributed by atoms with Gasteiger partial charge in [-0.2, -0.15) is 0 Å². The Labute approximate surface area is 148 Å². The van der Waals surface area contributed by atoms with E-state index in [0.717, 1.165) is 43.3 Å². The fraction of sp³-hybridized carbons (Fsp3) is 0.556. The van der Waals surface area contributed by atoms with Gasteiger partial charge in [-0.05, 0) is 25.6 Å². The van der Waals surface area contributed by atoms with Crippen LogP contribution in [0.25, 0.3) is 0 Å². The lowest BCUT2D eigenvalue weighted by molar-refractivity contribution is -0.122. The van der Waals surface area contributed by atoms with Crippen molar-refractivity contribution < 1.29 is 13.6 Å². The Balaban J connectivity index is 1.40. The topological polar surface area (TPSA) is 74.8 Å². The number of nitrogens with one attached hydrogen (secondary N) is 1. The van der Waals surface area contributed by atoms with Gasteiger partial charge in [0.2, 0.25) is 11.8 Å². The first-order valence-corrected chi connectivity index (χ1v) is 8.79. The normalized spacial score (nSPS) is 18.1. The van der Waals surface area contributed by atoms with Gasteiger partial charge in [0.05, 0.1) is 32.1 Å². The molecule has 7 heteroatoms. The van der Waals surface area contributed by atoms with E-state index in [1.165, 1.54) is 0 Å². The van der Waals surface area contributed by atoms with Crippen LogP contribution in [0.2, 0.25) is 0 Å². The molecule has 0 bridgehead atoms. The summed E-state index contributed by atoms with van der Waals surface area (Å²) >= 11 is 0. The number of aromatic nitrogens is 1. The molecular formula is C18H26N4O3. The summed E-state index contributed by atoms with van der Waals surface area (Å²) in [7, 11) is 2.08. The number of aryl methyl sites for hydroxylation is 1. The fourth-order valence-corrected chi connectivity index (χ4v) is 3.10. The van der Waals surface area contributed by atoms with Gasteiger partial charge in [0.15, 0.2) is 0 Å². The van der Waals surface area contributed by atoms with Crippen molar-refractivity contribution in [3.63, 3.8) is 0 Å². The largest absolute Gasteiger partial charge is 0.467 e. The van der Waals surface area contributed by atoms with Gasteiger partial charge in [0.1, 0.15) is 11.5 Å². The van der Waals surface area contributed by atoms with Crippen LogP contribution < -0.4 is 5.32 Å². The third-order valence-electron chi connectivity index (χ3n) is 4.61. The molecule has 2 aromatic rings. The Morgan fingerprint density at radius 3 is 3.08 bits per heavy atom. The molecule has 0 radical (unpaired) electrons. The molecule has 1 atom stereocenters. The SMILES string of the molecule is CCc1cnc(CN(C)[C@@H]2CCN(CC(=O)NCc3ccco3)C2)o1. The third-order valence-corrected chi connectivity index (χ3v) is 4.61. The van der Waals surface area contributed by atoms with E-state index in [1.807, 2.05) is 12.1 Å². The summed E-state index contributed by atoms with van der Waals surface area (Å²) in [6.07, 6.45) is 5.32. The van der Waals surface area contributed by atoms with Crippen molar-refractivity contribution in [3.8, 4) is 0 Å². The molecule has 136 valence electrons. The smallest absolute Gasteiger partial charge is 0.234 e. The molecule has 7 nitrogen and oxygen atoms in total. The quantitative estimate of drug-likeness (QED) is 0.783. The van der Waals surface area contributed by atoms with Gasteiger partial charge < -0.3 is 14.2 Å². The molecule has 0 aliphatic carbocycles. The van der Waals surface area contributed by atoms with Gasteiger partial charge in [0, 0.05) is 25.6 Å². The molecule has 0 aromatic carbocycles. The number of amides is 1. The van der Waals surface area contributed by atoms with Gasteiger partial charge in [-0.1, -0.05) is 6.92 Å². The summed E-state index contributed by atoms with van der Waals surface area (Å²) < 4.78 is 10.9. The van der Waals surface area contributed by atoms with Crippen LogP contribution in [0.15, 0.2) is 33.4 Å². The number of rotatable bonds is 8. The van der Waals surface area contributed by atoms with Crippen molar-refractivity contribution >= 4 is 5.91 Å². The molecule has 1 amide bonds. The van der Waals surface area contributed by atoms with Gasteiger partial charge in [0.25, 0.3) is 0 Å². The van der Waals surface area contributed by atoms with Crippen molar-refractivity contribution in [2.75, 3.05) is 26.7 Å². The van der Waals surface area contributed by atoms with Crippen LogP contribution in [0.1, 0.15) is 30.8 Å². The average molecular weight is 346 g/mol. The lowest BCUT2D eigenvalue weighted by Gasteiger charge is -2.23. The van der Waals surface area contributed by atoms with E-state index in [2.05, 4.69) is 34.1 Å². The van der Waals surface area contributed by atoms with Gasteiger partial charge in [-0.25, -0.2) is 4.98 Å². The van der Waals surface area contributed by atoms with Crippen LogP contribution in [0.5, 0.6) is 0 Å². The molecular weight excluding hydrogens is 320 g/mol. The van der Waals surface area contributed by atoms with E-state index in [4.69, 9.17) is 8.83 Å². The van der Waals surface area contributed by atoms with Gasteiger partial charge in [-0.15, -0.1) is 0 Å². The minimum Gasteiger partial charge on any atom is -0.467 e. The lowest BCUT2D eigenvalue weighted by atomic mass is 10.2. The summed E-state index contributed by atoms with van der Waals surface area (Å²) in [5.41, 5.74) is 0. The minimum atomic E-state index is 0.0278. The zero-order chi connectivity index (χ0) is 17.6. The highest BCUT2D eigenvalue weighted by Crippen LogP contribution is 2.16. The van der Waals surface area contributed by atoms with Crippen LogP contribution in [0, 0.1) is 0 Å². The highest BCUT2D eigenvalue weighted by Gasteiger charge is 2.27. The second-order valence-corrected chi connectivity index (χ2v) is 6.52. The van der Waals surface area contributed by atoms with Crippen LogP contribution in [-0.2, 0) is 24.3 Å². The molecule has 1 aliphatic rings. The zero-order valence-electron chi connectivity index (χ0n) is 14.9. The highest BCUT2D eigenvalue weighted by atomic mass is 16.4. The number of oxazole rings is 1. The van der Waals surface area contributed by atoms with Crippen molar-refractivity contribution in [1.82, 2.24) is 20.1 Å². The van der Waals surface area contributed by atoms with E-state index in [0.29, 0.717) is 25.7 Å². The maximum absolute atomic E-state index is 12.1. The summed E-state index contributed by atoms with van der Waals surface area (Å²) in [5, 5.41) is 2.89. The number of nitrogens with zero attached hydrogens (tertiary/aromatic N) is 3. The molecule has 2 aromatic heterocycles. The van der Waals surface area contributed by atoms with E-state index < -0.39 is 0 Å². The number of likely N-dealkylation sites (N-methyl/N-ethyl adjacent to an activating group) is 1. The Morgan fingerprint density at radius 2 is 2.36 bits per heavy atom. The first-order valence-electron chi connectivity index (χ1n) is 8.79. The Hall–Kier alpha value is -2.12. The Bertz CT molecular complexity index is 668. The highest BCUT2D eigenvalue weighted by molar-refractivity contribution is 5.77. The van der Waals surface area contributed by atoms with Crippen molar-refractivity contribution in [3.05, 3.63) is 42.0 Å². The van der Waals surface area contributed by atoms with Crippen LogP contribution in [-0.4, -0.2) is 53.4 Å². The lowest BCUT2D eigenvalue weighted by Crippen LogP contribution is -2.38. The number of carbonyl (C=O) groups is 1. The van der Waals surface area contributed by atoms with Gasteiger partial charge >= 0.3 is 0 Å². The third kappa shape index (κ3) is 4.93. The van der Waals surface area contributed by atoms with E-state index in [1.54, 1.807) is 12.5 Å². The summed E-state index contributed by atoms with van der Waals surface area (Å²) in [5.74, 6) is 2.48. The predicted molar refractivity (Wildman–Crippen MR) is 92.7 cm³/mol. The molecule has 3 rings (SSSR count). The number of hydrogen-bond donors (Lipinski definition) is 1. The van der Waals surface area contributed by atoms with Crippen molar-refractivity contribution in [2.45, 2.75) is 38.9 Å². The summed E-state index contributed by atoms with van der Waals surface area (Å²) in [6.45, 7) is 5.42. The molecule has 0 unspecified atom stereocenters. The molecule has 1 aliphatic heterocycles. The number of likely N-dealkylation sites (tertiary alicyclic amines) is 1. The zero-order valence-corrected chi connectivity index (χ0v) is 14.9. The van der Waals surface area contributed by atoms with Crippen LogP contribution in [0.3, 0.4) is 0 Å². The molecule has 0 saturated carbocycles. The number of furan rings is 1. The maximum Gasteiger partial charge on any atom is 0.234 e. The second-order valence-electron chi connectivity index (χ2n) is 6.52. The molecule has 3 heterocycles. The van der Waals surface area contributed by atoms with E-state index >= 15 is 0 Å². The summed E-state index contributed by atoms with van der Waals surface area (Å²) in [6, 6.07) is 4.09. The molecule has 25 heavy (non-hydrogen) atoms. The molecule has 1 saturated heterocycles. The number of carbonyl (C=O) groups excluding carboxylic acids is 1. The van der Waals surface area contributed by atoms with E-state index in [9.17, 15) is 4.79 Å². The predicted octanol–water partition coefficient (Wildman–Crippen LogP) is 1.65. The Kier molecular flexibility index (Phi) is 5.88. The monoisotopic (exact) mass is 346 g/mol. The molecule has 1 fully saturated rings. The standard InChI is InChI=1S/C18H26N4O3/c1-3-15-9-20-18(25-15)13-21(2)14-6-7-22(11-14)12-17(23)19-10-16-5-4-8-24-16/h4-5,8-9,14H,3,6-7,10-13H2,1-2H3,(H,19,23)/t14-/m1/s1. The van der Waals surface area contributed by atoms with E-state index in [-0.39, 0.29) is 5.91 Å². The van der Waals surface area contributed by atoms with Crippen LogP contribution >= 0.6 is 0 Å². The Morgan fingerprint density at radius 1 is 1.48 bits per heavy atom. The summed E-state index contributed by atoms with van der Waals surface area (Å²) in [4.78, 5) is 20.8. The van der Waals surface area contributed by atoms with Crippen molar-refractivity contribution in [1.29, 1.82) is 0 Å².